The van der Waals surface area contributed by atoms with Gasteiger partial charge in [-0.25, -0.2) is 0 Å². The van der Waals surface area contributed by atoms with E-state index in [-0.39, 0.29) is 0 Å². The molecule has 0 unspecified atom stereocenters. The van der Waals surface area contributed by atoms with Crippen LogP contribution in [0, 0.1) is 0 Å². The molecule has 0 aliphatic heterocycles. The van der Waals surface area contributed by atoms with Gasteiger partial charge in [-0.3, -0.25) is 4.98 Å². The van der Waals surface area contributed by atoms with Crippen LogP contribution in [-0.4, -0.2) is 18.1 Å². The average molecular weight is 221 g/mol. The van der Waals surface area contributed by atoms with Gasteiger partial charge in [0.25, 0.3) is 0 Å². The van der Waals surface area contributed by atoms with Crippen molar-refractivity contribution in [3.8, 4) is 0 Å². The Morgan fingerprint density at radius 2 is 1.81 bits per heavy atom. The minimum atomic E-state index is 0.787. The topological polar surface area (TPSA) is 42.2 Å². The molecule has 3 nitrogen and oxygen atoms in total. The molecule has 16 heavy (non-hydrogen) atoms. The zero-order valence-corrected chi connectivity index (χ0v) is 10.4. The monoisotopic (exact) mass is 221 g/mol. The van der Waals surface area contributed by atoms with Crippen molar-refractivity contribution in [2.75, 3.05) is 23.7 Å². The lowest BCUT2D eigenvalue weighted by atomic mass is 10.2. The number of hydrogen-bond acceptors (Lipinski definition) is 3. The van der Waals surface area contributed by atoms with E-state index < -0.39 is 0 Å². The smallest absolute Gasteiger partial charge is 0.0738 e. The molecule has 0 radical (unpaired) electrons. The van der Waals surface area contributed by atoms with Crippen molar-refractivity contribution in [2.45, 2.75) is 39.5 Å². The second-order valence-corrected chi connectivity index (χ2v) is 4.13. The number of anilines is 2. The first-order chi connectivity index (χ1) is 7.79. The van der Waals surface area contributed by atoms with Gasteiger partial charge in [-0.1, -0.05) is 26.7 Å². The first-order valence-corrected chi connectivity index (χ1v) is 6.24. The summed E-state index contributed by atoms with van der Waals surface area (Å²) >= 11 is 0. The second-order valence-electron chi connectivity index (χ2n) is 4.13. The molecule has 1 aromatic rings. The quantitative estimate of drug-likeness (QED) is 0.769. The lowest BCUT2D eigenvalue weighted by Crippen LogP contribution is -2.26. The average Bonchev–Trinajstić information content (AvgIpc) is 2.31. The van der Waals surface area contributed by atoms with Gasteiger partial charge in [0.15, 0.2) is 0 Å². The molecule has 0 saturated carbocycles. The lowest BCUT2D eigenvalue weighted by Gasteiger charge is -2.25. The first kappa shape index (κ1) is 12.8. The minimum Gasteiger partial charge on any atom is -0.396 e. The number of hydrogen-bond donors (Lipinski definition) is 1. The fraction of sp³-hybridized carbons (Fsp3) is 0.615. The van der Waals surface area contributed by atoms with Gasteiger partial charge in [0.1, 0.15) is 0 Å². The van der Waals surface area contributed by atoms with E-state index in [9.17, 15) is 0 Å². The van der Waals surface area contributed by atoms with Crippen molar-refractivity contribution in [1.82, 2.24) is 4.98 Å². The van der Waals surface area contributed by atoms with Crippen LogP contribution < -0.4 is 10.6 Å². The molecule has 3 heteroatoms. The number of nitrogens with zero attached hydrogens (tertiary/aromatic N) is 2. The van der Waals surface area contributed by atoms with E-state index in [1.165, 1.54) is 25.7 Å². The SMILES string of the molecule is CCCCN(CCCC)c1ccncc1N. The normalized spacial score (nSPS) is 10.4. The summed E-state index contributed by atoms with van der Waals surface area (Å²) in [6.07, 6.45) is 8.41. The van der Waals surface area contributed by atoms with Crippen LogP contribution in [0.5, 0.6) is 0 Å². The molecular weight excluding hydrogens is 198 g/mol. The third-order valence-corrected chi connectivity index (χ3v) is 2.73. The number of nitrogen functional groups attached to an aromatic ring is 1. The van der Waals surface area contributed by atoms with Gasteiger partial charge >= 0.3 is 0 Å². The highest BCUT2D eigenvalue weighted by atomic mass is 15.1. The summed E-state index contributed by atoms with van der Waals surface area (Å²) in [7, 11) is 0. The highest BCUT2D eigenvalue weighted by molar-refractivity contribution is 5.65. The molecule has 90 valence electrons. The van der Waals surface area contributed by atoms with Gasteiger partial charge in [0.2, 0.25) is 0 Å². The molecule has 1 heterocycles. The van der Waals surface area contributed by atoms with E-state index in [1.54, 1.807) is 6.20 Å². The Balaban J connectivity index is 2.70. The largest absolute Gasteiger partial charge is 0.396 e. The standard InChI is InChI=1S/C13H23N3/c1-3-5-9-16(10-6-4-2)13-7-8-15-11-12(13)14/h7-8,11H,3-6,9-10,14H2,1-2H3. The van der Waals surface area contributed by atoms with Crippen molar-refractivity contribution in [3.05, 3.63) is 18.5 Å². The predicted molar refractivity (Wildman–Crippen MR) is 70.7 cm³/mol. The van der Waals surface area contributed by atoms with E-state index in [0.717, 1.165) is 24.5 Å². The minimum absolute atomic E-state index is 0.787. The highest BCUT2D eigenvalue weighted by Crippen LogP contribution is 2.22. The van der Waals surface area contributed by atoms with Crippen molar-refractivity contribution in [2.24, 2.45) is 0 Å². The van der Waals surface area contributed by atoms with Gasteiger partial charge in [0.05, 0.1) is 17.6 Å². The molecule has 0 saturated heterocycles. The molecular formula is C13H23N3. The summed E-state index contributed by atoms with van der Waals surface area (Å²) in [4.78, 5) is 6.42. The maximum absolute atomic E-state index is 5.96. The third-order valence-electron chi connectivity index (χ3n) is 2.73. The zero-order chi connectivity index (χ0) is 11.8. The van der Waals surface area contributed by atoms with E-state index in [4.69, 9.17) is 5.73 Å². The molecule has 1 aromatic heterocycles. The lowest BCUT2D eigenvalue weighted by molar-refractivity contribution is 0.678. The zero-order valence-electron chi connectivity index (χ0n) is 10.4. The van der Waals surface area contributed by atoms with E-state index in [2.05, 4.69) is 23.7 Å². The van der Waals surface area contributed by atoms with Crippen LogP contribution in [0.15, 0.2) is 18.5 Å². The number of nitrogens with two attached hydrogens (primary N) is 1. The molecule has 0 fully saturated rings. The summed E-state index contributed by atoms with van der Waals surface area (Å²) in [5.41, 5.74) is 7.88. The summed E-state index contributed by atoms with van der Waals surface area (Å²) in [6, 6.07) is 2.01. The fourth-order valence-electron chi connectivity index (χ4n) is 1.74. The summed E-state index contributed by atoms with van der Waals surface area (Å²) in [5.74, 6) is 0. The fourth-order valence-corrected chi connectivity index (χ4v) is 1.74. The summed E-state index contributed by atoms with van der Waals surface area (Å²) < 4.78 is 0. The Morgan fingerprint density at radius 1 is 1.19 bits per heavy atom. The van der Waals surface area contributed by atoms with Crippen LogP contribution in [0.4, 0.5) is 11.4 Å². The van der Waals surface area contributed by atoms with E-state index in [0.29, 0.717) is 0 Å². The Labute approximate surface area is 98.7 Å². The Morgan fingerprint density at radius 3 is 2.31 bits per heavy atom. The van der Waals surface area contributed by atoms with Crippen LogP contribution >= 0.6 is 0 Å². The maximum Gasteiger partial charge on any atom is 0.0738 e. The number of pyridine rings is 1. The van der Waals surface area contributed by atoms with Gasteiger partial charge in [-0.05, 0) is 18.9 Å². The van der Waals surface area contributed by atoms with Gasteiger partial charge < -0.3 is 10.6 Å². The van der Waals surface area contributed by atoms with Crippen molar-refractivity contribution in [3.63, 3.8) is 0 Å². The summed E-state index contributed by atoms with van der Waals surface area (Å²) in [5, 5.41) is 0. The van der Waals surface area contributed by atoms with Gasteiger partial charge in [-0.15, -0.1) is 0 Å². The molecule has 2 N–H and O–H groups in total. The highest BCUT2D eigenvalue weighted by Gasteiger charge is 2.08. The Bertz CT molecular complexity index is 291. The maximum atomic E-state index is 5.96. The number of unbranched alkanes of at least 4 members (excludes halogenated alkanes) is 2. The predicted octanol–water partition coefficient (Wildman–Crippen LogP) is 3.07. The van der Waals surface area contributed by atoms with Crippen LogP contribution in [0.2, 0.25) is 0 Å². The molecule has 0 atom stereocenters. The van der Waals surface area contributed by atoms with E-state index in [1.807, 2.05) is 12.3 Å². The van der Waals surface area contributed by atoms with Crippen LogP contribution in [0.3, 0.4) is 0 Å². The van der Waals surface area contributed by atoms with Gasteiger partial charge in [0, 0.05) is 19.3 Å². The molecule has 0 bridgehead atoms. The first-order valence-electron chi connectivity index (χ1n) is 6.24. The van der Waals surface area contributed by atoms with E-state index >= 15 is 0 Å². The molecule has 0 spiro atoms. The molecule has 0 amide bonds. The van der Waals surface area contributed by atoms with Crippen molar-refractivity contribution in [1.29, 1.82) is 0 Å². The van der Waals surface area contributed by atoms with Crippen LogP contribution in [0.25, 0.3) is 0 Å². The van der Waals surface area contributed by atoms with Gasteiger partial charge in [-0.2, -0.15) is 0 Å². The van der Waals surface area contributed by atoms with Crippen molar-refractivity contribution >= 4 is 11.4 Å². The van der Waals surface area contributed by atoms with Crippen LogP contribution in [-0.2, 0) is 0 Å². The Hall–Kier alpha value is -1.25. The number of rotatable bonds is 7. The molecule has 0 aliphatic rings. The van der Waals surface area contributed by atoms with Crippen LogP contribution in [0.1, 0.15) is 39.5 Å². The third kappa shape index (κ3) is 3.72. The number of aromatic nitrogens is 1. The summed E-state index contributed by atoms with van der Waals surface area (Å²) in [6.45, 7) is 6.61. The van der Waals surface area contributed by atoms with Crippen molar-refractivity contribution < 1.29 is 0 Å². The molecule has 0 aromatic carbocycles. The second kappa shape index (κ2) is 7.09. The Kier molecular flexibility index (Phi) is 5.68. The molecule has 1 rings (SSSR count). The molecule has 0 aliphatic carbocycles.